The minimum Gasteiger partial charge on any atom is -0.479 e. The van der Waals surface area contributed by atoms with Gasteiger partial charge >= 0.3 is 17.9 Å². The third-order valence-corrected chi connectivity index (χ3v) is 18.8. The number of benzene rings is 4. The molecule has 2 fully saturated rings. The van der Waals surface area contributed by atoms with E-state index in [1.165, 1.54) is 6.92 Å². The van der Waals surface area contributed by atoms with Gasteiger partial charge in [-0.1, -0.05) is 113 Å². The highest BCUT2D eigenvalue weighted by Gasteiger charge is 2.42. The molecule has 2 unspecified atom stereocenters. The lowest BCUT2D eigenvalue weighted by molar-refractivity contribution is -0.147. The summed E-state index contributed by atoms with van der Waals surface area (Å²) in [5, 5.41) is 48.4. The van der Waals surface area contributed by atoms with Gasteiger partial charge in [0.2, 0.25) is 35.4 Å². The smallest absolute Gasteiger partial charge is 0.337 e. The number of Topliss-reactive ketones (excluding diaryl/α,β-unsaturated/α-hetero) is 2. The summed E-state index contributed by atoms with van der Waals surface area (Å²) in [5.41, 5.74) is 17.4. The Morgan fingerprint density at radius 3 is 1.19 bits per heavy atom. The SMILES string of the molecule is CC(C)C[C@@H](NC(=O)C(C)(C)N)C(=O)CC1Cc2cccc(N3CCCC3=O)c2N(Cc2ccsc2)C1=O.CC(C)C[C@@H](NC(=O)C(C)(C)N)C(=O)CC1Cc2cccc(N3CCCC3=O)c2N(Cc2ccsc2)C1=O.CCOC(C)=O.O=C(O)[C@H](O)c1ccccc1.O=C(O)[C@H](O)c1ccccc1. The molecule has 560 valence electrons. The van der Waals surface area contributed by atoms with E-state index in [2.05, 4.69) is 15.4 Å². The Hall–Kier alpha value is -9.31. The first-order valence-corrected chi connectivity index (χ1v) is 36.8. The van der Waals surface area contributed by atoms with Crippen molar-refractivity contribution in [2.45, 2.75) is 182 Å². The van der Waals surface area contributed by atoms with Crippen LogP contribution in [-0.4, -0.2) is 128 Å². The molecule has 2 aromatic heterocycles. The van der Waals surface area contributed by atoms with E-state index in [0.29, 0.717) is 82.4 Å². The van der Waals surface area contributed by atoms with Crippen molar-refractivity contribution in [1.29, 1.82) is 0 Å². The Labute approximate surface area is 616 Å². The van der Waals surface area contributed by atoms with Crippen molar-refractivity contribution in [2.24, 2.45) is 35.1 Å². The number of carboxylic acid groups (broad SMARTS) is 2. The van der Waals surface area contributed by atoms with Crippen molar-refractivity contribution in [2.75, 3.05) is 39.3 Å². The molecule has 4 aromatic carbocycles. The number of fused-ring (bicyclic) bond motifs is 2. The molecule has 10 rings (SSSR count). The van der Waals surface area contributed by atoms with Crippen LogP contribution in [-0.2, 0) is 83.4 Å². The largest absolute Gasteiger partial charge is 0.479 e. The number of carbonyl (C=O) groups is 11. The molecule has 6 aromatic rings. The van der Waals surface area contributed by atoms with Crippen LogP contribution in [0.2, 0.25) is 0 Å². The molecule has 0 spiro atoms. The lowest BCUT2D eigenvalue weighted by Gasteiger charge is -2.37. The summed E-state index contributed by atoms with van der Waals surface area (Å²) in [7, 11) is 0. The summed E-state index contributed by atoms with van der Waals surface area (Å²) in [6.45, 7) is 20.0. The summed E-state index contributed by atoms with van der Waals surface area (Å²) in [5.74, 6) is -4.70. The number of anilines is 4. The van der Waals surface area contributed by atoms with Crippen LogP contribution in [0.15, 0.2) is 131 Å². The fourth-order valence-corrected chi connectivity index (χ4v) is 13.5. The van der Waals surface area contributed by atoms with Gasteiger partial charge in [-0.15, -0.1) is 0 Å². The number of amides is 6. The molecule has 0 aliphatic carbocycles. The number of nitrogens with one attached hydrogen (secondary N) is 2. The molecule has 0 radical (unpaired) electrons. The van der Waals surface area contributed by atoms with E-state index in [1.807, 2.05) is 97.7 Å². The van der Waals surface area contributed by atoms with Crippen molar-refractivity contribution >= 4 is 110 Å². The fraction of sp³-hybridized carbons (Fsp3) is 0.449. The van der Waals surface area contributed by atoms with E-state index in [-0.39, 0.29) is 65.8 Å². The Morgan fingerprint density at radius 1 is 0.558 bits per heavy atom. The number of rotatable bonds is 25. The molecular weight excluding hydrogens is 1370 g/mol. The van der Waals surface area contributed by atoms with Crippen LogP contribution in [0, 0.1) is 23.7 Å². The second-order valence-corrected chi connectivity index (χ2v) is 29.7. The number of aliphatic hydroxyl groups is 2. The van der Waals surface area contributed by atoms with Gasteiger partial charge in [-0.2, -0.15) is 22.7 Å². The molecular formula is C78H100N8O16S2. The summed E-state index contributed by atoms with van der Waals surface area (Å²) in [6.07, 6.45) is 1.57. The maximum absolute atomic E-state index is 14.0. The normalized spacial score (nSPS) is 16.7. The average Bonchev–Trinajstić information content (AvgIpc) is 1.12. The van der Waals surface area contributed by atoms with Crippen molar-refractivity contribution in [3.63, 3.8) is 0 Å². The highest BCUT2D eigenvalue weighted by molar-refractivity contribution is 7.08. The molecule has 10 N–H and O–H groups in total. The second-order valence-electron chi connectivity index (χ2n) is 28.1. The zero-order valence-electron chi connectivity index (χ0n) is 60.9. The number of thiophene rings is 2. The Balaban J connectivity index is 0.000000238. The lowest BCUT2D eigenvalue weighted by Crippen LogP contribution is -2.54. The summed E-state index contributed by atoms with van der Waals surface area (Å²) < 4.78 is 4.40. The van der Waals surface area contributed by atoms with E-state index in [1.54, 1.807) is 138 Å². The number of ketones is 2. The Morgan fingerprint density at radius 2 is 0.923 bits per heavy atom. The monoisotopic (exact) mass is 1470 g/mol. The highest BCUT2D eigenvalue weighted by atomic mass is 32.1. The second kappa shape index (κ2) is 39.0. The summed E-state index contributed by atoms with van der Waals surface area (Å²) >= 11 is 3.12. The molecule has 26 heteroatoms. The van der Waals surface area contributed by atoms with E-state index in [0.717, 1.165) is 57.8 Å². The van der Waals surface area contributed by atoms with Gasteiger partial charge < -0.3 is 66.9 Å². The van der Waals surface area contributed by atoms with Crippen LogP contribution in [0.25, 0.3) is 0 Å². The highest BCUT2D eigenvalue weighted by Crippen LogP contribution is 2.44. The number of hydrogen-bond acceptors (Lipinski definition) is 18. The fourth-order valence-electron chi connectivity index (χ4n) is 12.2. The van der Waals surface area contributed by atoms with Crippen LogP contribution in [0.5, 0.6) is 0 Å². The molecule has 4 aliphatic rings. The topological polar surface area (TPSA) is 367 Å². The van der Waals surface area contributed by atoms with E-state index >= 15 is 0 Å². The van der Waals surface area contributed by atoms with Crippen molar-refractivity contribution in [1.82, 2.24) is 10.6 Å². The maximum Gasteiger partial charge on any atom is 0.337 e. The maximum atomic E-state index is 14.0. The molecule has 6 heterocycles. The molecule has 0 saturated carbocycles. The van der Waals surface area contributed by atoms with E-state index < -0.39 is 71.0 Å². The standard InChI is InChI=1S/2C29H38N4O4S.2C8H8O3.C4H8O2/c2*1-18(2)13-22(31-28(37)29(3,4)30)24(34)15-21-14-20-7-5-8-23(32-11-6-9-25(32)35)26(20)33(27(21)36)16-19-10-12-38-17-19;2*9-7(8(10)11)6-4-2-1-3-5-6;1-3-6-4(2)5/h2*5,7-8,10,12,17-18,21-22H,6,9,11,13-16,30H2,1-4H3,(H,31,37);2*1-5,7,9H,(H,10,11);3H2,1-2H3/t2*21?,22-;2*7-;/m1111./s1. The number of ether oxygens (including phenoxy) is 1. The number of para-hydroxylation sites is 2. The number of esters is 1. The van der Waals surface area contributed by atoms with Crippen molar-refractivity contribution < 1.29 is 77.9 Å². The minimum atomic E-state index is -1.41. The molecule has 2 saturated heterocycles. The van der Waals surface area contributed by atoms with Gasteiger partial charge in [0.15, 0.2) is 23.8 Å². The lowest BCUT2D eigenvalue weighted by atomic mass is 9.84. The zero-order valence-corrected chi connectivity index (χ0v) is 62.5. The first kappa shape index (κ1) is 83.6. The van der Waals surface area contributed by atoms with Crippen molar-refractivity contribution in [3.05, 3.63) is 164 Å². The van der Waals surface area contributed by atoms with E-state index in [9.17, 15) is 52.7 Å². The van der Waals surface area contributed by atoms with Crippen molar-refractivity contribution in [3.8, 4) is 0 Å². The first-order valence-electron chi connectivity index (χ1n) is 34.9. The summed E-state index contributed by atoms with van der Waals surface area (Å²) in [4.78, 5) is 143. The third-order valence-electron chi connectivity index (χ3n) is 17.4. The van der Waals surface area contributed by atoms with Gasteiger partial charge in [0.05, 0.1) is 65.6 Å². The number of aliphatic carboxylic acids is 2. The number of carboxylic acids is 2. The van der Waals surface area contributed by atoms with Crippen LogP contribution < -0.4 is 41.7 Å². The molecule has 0 bridgehead atoms. The van der Waals surface area contributed by atoms with Gasteiger partial charge in [0.1, 0.15) is 0 Å². The Bertz CT molecular complexity index is 3670. The van der Waals surface area contributed by atoms with E-state index in [4.69, 9.17) is 31.9 Å². The number of aliphatic hydroxyl groups excluding tert-OH is 2. The van der Waals surface area contributed by atoms with Gasteiger partial charge in [-0.05, 0) is 164 Å². The molecule has 4 aliphatic heterocycles. The van der Waals surface area contributed by atoms with Crippen LogP contribution in [0.4, 0.5) is 22.7 Å². The zero-order chi connectivity index (χ0) is 76.8. The van der Waals surface area contributed by atoms with Gasteiger partial charge in [-0.25, -0.2) is 9.59 Å². The predicted octanol–water partition coefficient (Wildman–Crippen LogP) is 9.79. The van der Waals surface area contributed by atoms with Crippen LogP contribution >= 0.6 is 22.7 Å². The van der Waals surface area contributed by atoms with Gasteiger partial charge in [0.25, 0.3) is 0 Å². The minimum absolute atomic E-state index is 0.0218. The number of hydrogen-bond donors (Lipinski definition) is 8. The average molecular weight is 1470 g/mol. The predicted molar refractivity (Wildman–Crippen MR) is 400 cm³/mol. The van der Waals surface area contributed by atoms with Gasteiger partial charge in [-0.3, -0.25) is 43.2 Å². The first-order chi connectivity index (χ1) is 49.1. The number of nitrogens with two attached hydrogens (primary N) is 2. The summed E-state index contributed by atoms with van der Waals surface area (Å²) in [6, 6.07) is 30.7. The molecule has 104 heavy (non-hydrogen) atoms. The number of nitrogens with zero attached hydrogens (tertiary/aromatic N) is 4. The Kier molecular flexibility index (Phi) is 31.4. The molecule has 24 nitrogen and oxygen atoms in total. The molecule has 6 amide bonds. The van der Waals surface area contributed by atoms with Crippen LogP contribution in [0.1, 0.15) is 166 Å². The number of carbonyl (C=O) groups excluding carboxylic acids is 9. The van der Waals surface area contributed by atoms with Gasteiger partial charge in [0, 0.05) is 57.5 Å². The quantitative estimate of drug-likeness (QED) is 0.0247. The third kappa shape index (κ3) is 24.1. The molecule has 6 atom stereocenters. The van der Waals surface area contributed by atoms with Crippen LogP contribution in [0.3, 0.4) is 0 Å².